The molecule has 162 valence electrons. The molecule has 1 aromatic heterocycles. The van der Waals surface area contributed by atoms with Crippen molar-refractivity contribution in [3.8, 4) is 0 Å². The number of halogens is 2. The highest BCUT2D eigenvalue weighted by molar-refractivity contribution is 6.31. The monoisotopic (exact) mass is 456 g/mol. The van der Waals surface area contributed by atoms with Crippen molar-refractivity contribution in [2.24, 2.45) is 0 Å². The van der Waals surface area contributed by atoms with Crippen LogP contribution in [0, 0.1) is 13.8 Å². The van der Waals surface area contributed by atoms with E-state index in [-0.39, 0.29) is 10.6 Å². The van der Waals surface area contributed by atoms with Crippen LogP contribution < -0.4 is 10.7 Å². The van der Waals surface area contributed by atoms with Gasteiger partial charge in [-0.05, 0) is 55.5 Å². The third-order valence-corrected chi connectivity index (χ3v) is 6.29. The number of aromatic nitrogens is 1. The lowest BCUT2D eigenvalue weighted by Crippen LogP contribution is -2.29. The molecular weight excluding hydrogens is 431 g/mol. The molecule has 3 rings (SSSR count). The number of carbonyl (C=O) groups is 1. The van der Waals surface area contributed by atoms with E-state index in [1.54, 1.807) is 19.9 Å². The number of aryl methyl sites for hydroxylation is 2. The highest BCUT2D eigenvalue weighted by atomic mass is 35.5. The van der Waals surface area contributed by atoms with Crippen LogP contribution in [-0.4, -0.2) is 10.5 Å². The molecule has 0 unspecified atom stereocenters. The summed E-state index contributed by atoms with van der Waals surface area (Å²) in [6.45, 7) is 8.08. The lowest BCUT2D eigenvalue weighted by atomic mass is 10.0. The van der Waals surface area contributed by atoms with E-state index < -0.39 is 11.3 Å². The Morgan fingerprint density at radius 1 is 0.968 bits per heavy atom. The molecule has 1 N–H and O–H groups in total. The van der Waals surface area contributed by atoms with Crippen LogP contribution in [0.5, 0.6) is 0 Å². The first-order valence-corrected chi connectivity index (χ1v) is 11.1. The van der Waals surface area contributed by atoms with Crippen LogP contribution in [0.3, 0.4) is 0 Å². The molecule has 0 aliphatic carbocycles. The molecule has 1 amide bonds. The number of nitrogens with one attached hydrogen (secondary N) is 1. The molecule has 0 saturated carbocycles. The Bertz CT molecular complexity index is 1180. The predicted octanol–water partition coefficient (Wildman–Crippen LogP) is 6.20. The number of amides is 1. The fraction of sp³-hybridized carbons (Fsp3) is 0.280. The molecule has 3 aromatic rings. The number of para-hydroxylation sites is 1. The molecule has 0 atom stereocenters. The van der Waals surface area contributed by atoms with Crippen LogP contribution in [0.15, 0.2) is 47.3 Å². The van der Waals surface area contributed by atoms with E-state index >= 15 is 0 Å². The maximum Gasteiger partial charge on any atom is 0.261 e. The van der Waals surface area contributed by atoms with Gasteiger partial charge in [0.25, 0.3) is 5.91 Å². The van der Waals surface area contributed by atoms with Gasteiger partial charge in [-0.2, -0.15) is 0 Å². The van der Waals surface area contributed by atoms with Gasteiger partial charge >= 0.3 is 0 Å². The van der Waals surface area contributed by atoms with Gasteiger partial charge in [0.15, 0.2) is 0 Å². The summed E-state index contributed by atoms with van der Waals surface area (Å²) in [7, 11) is 0. The molecule has 6 heteroatoms. The van der Waals surface area contributed by atoms with Gasteiger partial charge in [-0.25, -0.2) is 0 Å². The topological polar surface area (TPSA) is 51.1 Å². The minimum Gasteiger partial charge on any atom is -0.342 e. The van der Waals surface area contributed by atoms with Crippen molar-refractivity contribution < 1.29 is 4.79 Å². The van der Waals surface area contributed by atoms with Gasteiger partial charge in [-0.1, -0.05) is 67.4 Å². The fourth-order valence-electron chi connectivity index (χ4n) is 3.84. The number of anilines is 1. The lowest BCUT2D eigenvalue weighted by molar-refractivity contribution is 0.102. The standard InChI is InChI=1S/C25H26Cl2N2O2/c1-5-18-10-8-11-19(6-2)23(18)28-25(31)21-15(3)29(16(4)22(27)24(21)30)14-17-9-7-12-20(26)13-17/h7-13H,5-6,14H2,1-4H3,(H,28,31). The van der Waals surface area contributed by atoms with Crippen LogP contribution in [0.1, 0.15) is 52.3 Å². The molecule has 1 heterocycles. The van der Waals surface area contributed by atoms with Crippen LogP contribution >= 0.6 is 23.2 Å². The normalized spacial score (nSPS) is 10.9. The zero-order valence-corrected chi connectivity index (χ0v) is 19.7. The Hall–Kier alpha value is -2.56. The smallest absolute Gasteiger partial charge is 0.261 e. The Balaban J connectivity index is 2.09. The number of carbonyl (C=O) groups excluding carboxylic acids is 1. The second-order valence-electron chi connectivity index (χ2n) is 7.52. The molecule has 4 nitrogen and oxygen atoms in total. The molecule has 2 aromatic carbocycles. The van der Waals surface area contributed by atoms with Crippen LogP contribution in [-0.2, 0) is 19.4 Å². The first-order valence-electron chi connectivity index (χ1n) is 10.3. The Labute approximate surface area is 192 Å². The second kappa shape index (κ2) is 9.71. The first kappa shape index (κ1) is 23.1. The van der Waals surface area contributed by atoms with Crippen molar-refractivity contribution in [2.75, 3.05) is 5.32 Å². The third kappa shape index (κ3) is 4.70. The Morgan fingerprint density at radius 3 is 2.16 bits per heavy atom. The summed E-state index contributed by atoms with van der Waals surface area (Å²) in [6, 6.07) is 13.4. The maximum absolute atomic E-state index is 13.3. The number of pyridine rings is 1. The molecule has 0 saturated heterocycles. The Kier molecular flexibility index (Phi) is 7.24. The van der Waals surface area contributed by atoms with Gasteiger partial charge in [0.2, 0.25) is 5.43 Å². The third-order valence-electron chi connectivity index (χ3n) is 5.61. The fourth-order valence-corrected chi connectivity index (χ4v) is 4.25. The quantitative estimate of drug-likeness (QED) is 0.479. The maximum atomic E-state index is 13.3. The number of rotatable bonds is 6. The van der Waals surface area contributed by atoms with E-state index in [0.29, 0.717) is 23.0 Å². The summed E-state index contributed by atoms with van der Waals surface area (Å²) in [5, 5.41) is 3.67. The summed E-state index contributed by atoms with van der Waals surface area (Å²) in [5.74, 6) is -0.445. The average molecular weight is 457 g/mol. The van der Waals surface area contributed by atoms with Gasteiger partial charge in [0.05, 0.1) is 0 Å². The van der Waals surface area contributed by atoms with Crippen LogP contribution in [0.2, 0.25) is 10.0 Å². The summed E-state index contributed by atoms with van der Waals surface area (Å²) >= 11 is 12.5. The number of hydrogen-bond donors (Lipinski definition) is 1. The molecule has 0 radical (unpaired) electrons. The van der Waals surface area contributed by atoms with E-state index in [1.807, 2.05) is 54.8 Å². The number of nitrogens with zero attached hydrogens (tertiary/aromatic N) is 1. The number of hydrogen-bond acceptors (Lipinski definition) is 2. The zero-order chi connectivity index (χ0) is 22.7. The van der Waals surface area contributed by atoms with Gasteiger partial charge in [-0.15, -0.1) is 0 Å². The van der Waals surface area contributed by atoms with Crippen molar-refractivity contribution in [1.29, 1.82) is 0 Å². The molecule has 0 fully saturated rings. The second-order valence-corrected chi connectivity index (χ2v) is 8.33. The zero-order valence-electron chi connectivity index (χ0n) is 18.2. The van der Waals surface area contributed by atoms with Crippen molar-refractivity contribution >= 4 is 34.8 Å². The van der Waals surface area contributed by atoms with Gasteiger partial charge < -0.3 is 9.88 Å². The van der Waals surface area contributed by atoms with Crippen LogP contribution in [0.4, 0.5) is 5.69 Å². The molecular formula is C25H26Cl2N2O2. The summed E-state index contributed by atoms with van der Waals surface area (Å²) < 4.78 is 1.89. The molecule has 31 heavy (non-hydrogen) atoms. The summed E-state index contributed by atoms with van der Waals surface area (Å²) in [4.78, 5) is 26.3. The Morgan fingerprint density at radius 2 is 1.58 bits per heavy atom. The first-order chi connectivity index (χ1) is 14.8. The van der Waals surface area contributed by atoms with Gasteiger partial charge in [-0.3, -0.25) is 9.59 Å². The van der Waals surface area contributed by atoms with E-state index in [2.05, 4.69) is 5.32 Å². The molecule has 0 spiro atoms. The van der Waals surface area contributed by atoms with Gasteiger partial charge in [0, 0.05) is 28.6 Å². The van der Waals surface area contributed by atoms with Crippen molar-refractivity contribution in [3.63, 3.8) is 0 Å². The SMILES string of the molecule is CCc1cccc(CC)c1NC(=O)c1c(C)n(Cc2cccc(Cl)c2)c(C)c(Cl)c1=O. The van der Waals surface area contributed by atoms with Crippen LogP contribution in [0.25, 0.3) is 0 Å². The summed E-state index contributed by atoms with van der Waals surface area (Å²) in [5.41, 5.74) is 4.57. The highest BCUT2D eigenvalue weighted by Crippen LogP contribution is 2.25. The molecule has 0 aliphatic heterocycles. The number of benzene rings is 2. The lowest BCUT2D eigenvalue weighted by Gasteiger charge is -2.20. The van der Waals surface area contributed by atoms with Crippen molar-refractivity contribution in [3.05, 3.63) is 96.4 Å². The van der Waals surface area contributed by atoms with E-state index in [0.717, 1.165) is 35.2 Å². The van der Waals surface area contributed by atoms with E-state index in [1.165, 1.54) is 0 Å². The molecule has 0 aliphatic rings. The highest BCUT2D eigenvalue weighted by Gasteiger charge is 2.23. The van der Waals surface area contributed by atoms with E-state index in [4.69, 9.17) is 23.2 Å². The summed E-state index contributed by atoms with van der Waals surface area (Å²) in [6.07, 6.45) is 1.55. The minimum absolute atomic E-state index is 0.0530. The van der Waals surface area contributed by atoms with Crippen molar-refractivity contribution in [2.45, 2.75) is 47.1 Å². The largest absolute Gasteiger partial charge is 0.342 e. The van der Waals surface area contributed by atoms with Gasteiger partial charge in [0.1, 0.15) is 10.6 Å². The average Bonchev–Trinajstić information content (AvgIpc) is 2.75. The molecule has 0 bridgehead atoms. The minimum atomic E-state index is -0.455. The van der Waals surface area contributed by atoms with Crippen molar-refractivity contribution in [1.82, 2.24) is 4.57 Å². The predicted molar refractivity (Wildman–Crippen MR) is 129 cm³/mol. The van der Waals surface area contributed by atoms with E-state index in [9.17, 15) is 9.59 Å².